The molecule has 1 fully saturated rings. The van der Waals surface area contributed by atoms with E-state index >= 15 is 0 Å². The molecule has 1 aliphatic heterocycles. The molecule has 0 amide bonds. The Morgan fingerprint density at radius 1 is 1.29 bits per heavy atom. The number of carboxylic acid groups (broad SMARTS) is 2. The van der Waals surface area contributed by atoms with Crippen molar-refractivity contribution < 1.29 is 19.8 Å². The van der Waals surface area contributed by atoms with Crippen LogP contribution in [-0.2, 0) is 9.59 Å². The molecule has 122 valence electrons. The third-order valence-electron chi connectivity index (χ3n) is 3.78. The molecule has 1 aliphatic rings. The summed E-state index contributed by atoms with van der Waals surface area (Å²) in [5.74, 6) is -1.80. The Morgan fingerprint density at radius 3 is 2.57 bits per heavy atom. The molecule has 0 aromatic heterocycles. The molecule has 0 saturated carbocycles. The molecule has 0 aromatic carbocycles. The van der Waals surface area contributed by atoms with Gasteiger partial charge in [0, 0.05) is 32.1 Å². The van der Waals surface area contributed by atoms with Crippen molar-refractivity contribution in [3.63, 3.8) is 0 Å². The molecule has 7 N–H and O–H groups in total. The van der Waals surface area contributed by atoms with E-state index in [0.717, 1.165) is 13.0 Å². The van der Waals surface area contributed by atoms with Crippen LogP contribution >= 0.6 is 0 Å². The van der Waals surface area contributed by atoms with Gasteiger partial charge in [-0.25, -0.2) is 0 Å². The van der Waals surface area contributed by atoms with Gasteiger partial charge in [0.05, 0.1) is 6.17 Å². The maximum absolute atomic E-state index is 11.5. The number of rotatable bonds is 9. The quantitative estimate of drug-likeness (QED) is 0.341. The van der Waals surface area contributed by atoms with Crippen molar-refractivity contribution in [2.75, 3.05) is 19.6 Å². The summed E-state index contributed by atoms with van der Waals surface area (Å²) in [5.41, 5.74) is 11.1. The SMILES string of the molecule is NC(N)CCC1CNCCN1C(CCCC(=O)O)C(=O)O. The second kappa shape index (κ2) is 8.93. The van der Waals surface area contributed by atoms with Gasteiger partial charge in [0.15, 0.2) is 0 Å². The maximum atomic E-state index is 11.5. The Morgan fingerprint density at radius 2 is 2.00 bits per heavy atom. The molecule has 1 saturated heterocycles. The number of carbonyl (C=O) groups is 2. The number of carboxylic acids is 2. The monoisotopic (exact) mass is 302 g/mol. The highest BCUT2D eigenvalue weighted by Crippen LogP contribution is 2.18. The summed E-state index contributed by atoms with van der Waals surface area (Å²) in [6, 6.07) is -0.579. The molecule has 21 heavy (non-hydrogen) atoms. The third-order valence-corrected chi connectivity index (χ3v) is 3.78. The Bertz CT molecular complexity index is 351. The normalized spacial score (nSPS) is 21.4. The molecule has 8 heteroatoms. The highest BCUT2D eigenvalue weighted by atomic mass is 16.4. The number of hydrogen-bond donors (Lipinski definition) is 5. The largest absolute Gasteiger partial charge is 0.481 e. The van der Waals surface area contributed by atoms with Gasteiger partial charge >= 0.3 is 11.9 Å². The number of nitrogens with one attached hydrogen (secondary N) is 1. The molecule has 1 rings (SSSR count). The Hall–Kier alpha value is -1.22. The lowest BCUT2D eigenvalue weighted by Crippen LogP contribution is -2.57. The van der Waals surface area contributed by atoms with E-state index in [0.29, 0.717) is 32.4 Å². The Balaban J connectivity index is 2.62. The molecule has 2 atom stereocenters. The van der Waals surface area contributed by atoms with Crippen LogP contribution in [0.15, 0.2) is 0 Å². The van der Waals surface area contributed by atoms with E-state index < -0.39 is 24.1 Å². The van der Waals surface area contributed by atoms with Crippen LogP contribution in [0.1, 0.15) is 32.1 Å². The predicted molar refractivity (Wildman–Crippen MR) is 77.7 cm³/mol. The van der Waals surface area contributed by atoms with Gasteiger partial charge in [0.25, 0.3) is 0 Å². The topological polar surface area (TPSA) is 142 Å². The number of piperazine rings is 1. The Kier molecular flexibility index (Phi) is 7.58. The zero-order valence-electron chi connectivity index (χ0n) is 12.2. The van der Waals surface area contributed by atoms with Crippen LogP contribution in [0.25, 0.3) is 0 Å². The second-order valence-corrected chi connectivity index (χ2v) is 5.48. The van der Waals surface area contributed by atoms with Crippen LogP contribution in [0.2, 0.25) is 0 Å². The number of nitrogens with zero attached hydrogens (tertiary/aromatic N) is 1. The van der Waals surface area contributed by atoms with E-state index in [9.17, 15) is 14.7 Å². The van der Waals surface area contributed by atoms with Gasteiger partial charge in [0.2, 0.25) is 0 Å². The lowest BCUT2D eigenvalue weighted by atomic mass is 10.0. The maximum Gasteiger partial charge on any atom is 0.320 e. The molecule has 0 aromatic rings. The van der Waals surface area contributed by atoms with Crippen LogP contribution in [0.5, 0.6) is 0 Å². The molecule has 2 unspecified atom stereocenters. The summed E-state index contributed by atoms with van der Waals surface area (Å²) < 4.78 is 0. The van der Waals surface area contributed by atoms with Gasteiger partial charge in [-0.2, -0.15) is 0 Å². The minimum Gasteiger partial charge on any atom is -0.481 e. The smallest absolute Gasteiger partial charge is 0.320 e. The highest BCUT2D eigenvalue weighted by molar-refractivity contribution is 5.73. The van der Waals surface area contributed by atoms with Crippen molar-refractivity contribution >= 4 is 11.9 Å². The van der Waals surface area contributed by atoms with E-state index in [-0.39, 0.29) is 12.5 Å². The molecular weight excluding hydrogens is 276 g/mol. The zero-order chi connectivity index (χ0) is 15.8. The van der Waals surface area contributed by atoms with Crippen molar-refractivity contribution in [2.45, 2.75) is 50.4 Å². The fourth-order valence-electron chi connectivity index (χ4n) is 2.72. The van der Waals surface area contributed by atoms with Crippen molar-refractivity contribution in [3.05, 3.63) is 0 Å². The van der Waals surface area contributed by atoms with Crippen molar-refractivity contribution in [1.82, 2.24) is 10.2 Å². The molecule has 8 nitrogen and oxygen atoms in total. The van der Waals surface area contributed by atoms with Crippen LogP contribution in [-0.4, -0.2) is 64.9 Å². The molecular formula is C13H26N4O4. The lowest BCUT2D eigenvalue weighted by molar-refractivity contribution is -0.146. The average Bonchev–Trinajstić information content (AvgIpc) is 2.41. The minimum absolute atomic E-state index is 0.00574. The van der Waals surface area contributed by atoms with Crippen molar-refractivity contribution in [1.29, 1.82) is 0 Å². The minimum atomic E-state index is -0.899. The lowest BCUT2D eigenvalue weighted by Gasteiger charge is -2.40. The van der Waals surface area contributed by atoms with Gasteiger partial charge in [-0.15, -0.1) is 0 Å². The first kappa shape index (κ1) is 17.8. The summed E-state index contributed by atoms with van der Waals surface area (Å²) in [4.78, 5) is 24.0. The second-order valence-electron chi connectivity index (χ2n) is 5.48. The van der Waals surface area contributed by atoms with Gasteiger partial charge in [-0.3, -0.25) is 14.5 Å². The molecule has 0 spiro atoms. The summed E-state index contributed by atoms with van der Waals surface area (Å²) in [7, 11) is 0. The Labute approximate surface area is 124 Å². The van der Waals surface area contributed by atoms with Gasteiger partial charge in [-0.05, 0) is 25.7 Å². The first-order chi connectivity index (χ1) is 9.91. The standard InChI is InChI=1S/C13H26N4O4/c14-11(15)5-4-9-8-16-6-7-17(9)10(13(20)21)2-1-3-12(18)19/h9-11,16H,1-8,14-15H2,(H,18,19)(H,20,21). The fraction of sp³-hybridized carbons (Fsp3) is 0.846. The van der Waals surface area contributed by atoms with Crippen LogP contribution in [0.4, 0.5) is 0 Å². The first-order valence-electron chi connectivity index (χ1n) is 7.34. The number of aliphatic carboxylic acids is 2. The van der Waals surface area contributed by atoms with Gasteiger partial charge < -0.3 is 27.0 Å². The summed E-state index contributed by atoms with van der Waals surface area (Å²) in [6.07, 6.45) is 1.65. The van der Waals surface area contributed by atoms with Gasteiger partial charge in [0.1, 0.15) is 6.04 Å². The zero-order valence-corrected chi connectivity index (χ0v) is 12.2. The molecule has 0 aliphatic carbocycles. The molecule has 1 heterocycles. The summed E-state index contributed by atoms with van der Waals surface area (Å²) in [5, 5.41) is 21.3. The number of hydrogen-bond acceptors (Lipinski definition) is 6. The average molecular weight is 302 g/mol. The van der Waals surface area contributed by atoms with Crippen molar-refractivity contribution in [3.8, 4) is 0 Å². The van der Waals surface area contributed by atoms with E-state index in [1.54, 1.807) is 0 Å². The third kappa shape index (κ3) is 6.38. The van der Waals surface area contributed by atoms with Crippen LogP contribution in [0.3, 0.4) is 0 Å². The fourth-order valence-corrected chi connectivity index (χ4v) is 2.72. The van der Waals surface area contributed by atoms with Crippen LogP contribution < -0.4 is 16.8 Å². The van der Waals surface area contributed by atoms with Crippen molar-refractivity contribution in [2.24, 2.45) is 11.5 Å². The van der Waals surface area contributed by atoms with Crippen LogP contribution in [0, 0.1) is 0 Å². The summed E-state index contributed by atoms with van der Waals surface area (Å²) in [6.45, 7) is 2.07. The predicted octanol–water partition coefficient (Wildman–Crippen LogP) is -1.01. The van der Waals surface area contributed by atoms with E-state index in [1.807, 2.05) is 4.90 Å². The summed E-state index contributed by atoms with van der Waals surface area (Å²) >= 11 is 0. The van der Waals surface area contributed by atoms with E-state index in [4.69, 9.17) is 16.6 Å². The first-order valence-corrected chi connectivity index (χ1v) is 7.34. The van der Waals surface area contributed by atoms with Gasteiger partial charge in [-0.1, -0.05) is 0 Å². The van der Waals surface area contributed by atoms with E-state index in [1.165, 1.54) is 0 Å². The number of nitrogens with two attached hydrogens (primary N) is 2. The molecule has 0 radical (unpaired) electrons. The highest BCUT2D eigenvalue weighted by Gasteiger charge is 2.32. The molecule has 0 bridgehead atoms. The van der Waals surface area contributed by atoms with E-state index in [2.05, 4.69) is 5.32 Å².